The molecule has 0 aliphatic carbocycles. The average Bonchev–Trinajstić information content (AvgIpc) is 2.43. The van der Waals surface area contributed by atoms with Gasteiger partial charge in [0.1, 0.15) is 5.82 Å². The highest BCUT2D eigenvalue weighted by atomic mass is 19.1. The van der Waals surface area contributed by atoms with Crippen molar-refractivity contribution in [2.24, 2.45) is 0 Å². The molecule has 0 spiro atoms. The molecule has 0 radical (unpaired) electrons. The Hall–Kier alpha value is -1.50. The van der Waals surface area contributed by atoms with Crippen LogP contribution in [0.2, 0.25) is 0 Å². The molecule has 1 heterocycles. The van der Waals surface area contributed by atoms with Gasteiger partial charge < -0.3 is 15.4 Å². The van der Waals surface area contributed by atoms with Crippen LogP contribution in [0.5, 0.6) is 0 Å². The van der Waals surface area contributed by atoms with E-state index in [0.29, 0.717) is 18.8 Å². The molecule has 1 aliphatic rings. The number of hydrogen-bond acceptors (Lipinski definition) is 4. The first-order chi connectivity index (χ1) is 10.1. The number of morpholine rings is 1. The van der Waals surface area contributed by atoms with Gasteiger partial charge in [-0.05, 0) is 31.7 Å². The van der Waals surface area contributed by atoms with Crippen molar-refractivity contribution in [3.05, 3.63) is 29.6 Å². The van der Waals surface area contributed by atoms with Gasteiger partial charge in [-0.3, -0.25) is 9.69 Å². The number of likely N-dealkylation sites (N-methyl/N-ethyl adjacent to an activating group) is 1. The average molecular weight is 295 g/mol. The second kappa shape index (κ2) is 7.49. The van der Waals surface area contributed by atoms with Crippen molar-refractivity contribution in [1.82, 2.24) is 10.2 Å². The molecule has 116 valence electrons. The molecule has 2 rings (SSSR count). The van der Waals surface area contributed by atoms with E-state index in [1.165, 1.54) is 12.1 Å². The lowest BCUT2D eigenvalue weighted by molar-refractivity contribution is -0.119. The maximum absolute atomic E-state index is 13.2. The summed E-state index contributed by atoms with van der Waals surface area (Å²) >= 11 is 0. The quantitative estimate of drug-likeness (QED) is 0.851. The van der Waals surface area contributed by atoms with Crippen LogP contribution in [0.25, 0.3) is 0 Å². The molecular formula is C15H22FN3O2. The minimum absolute atomic E-state index is 0.104. The SMILES string of the molecule is CNCC1CN(CC(=O)Nc2cc(F)ccc2C)CCO1. The Bertz CT molecular complexity index is 494. The maximum atomic E-state index is 13.2. The molecule has 1 saturated heterocycles. The lowest BCUT2D eigenvalue weighted by Gasteiger charge is -2.32. The number of halogens is 1. The minimum Gasteiger partial charge on any atom is -0.374 e. The van der Waals surface area contributed by atoms with Crippen molar-refractivity contribution in [3.63, 3.8) is 0 Å². The molecule has 1 unspecified atom stereocenters. The van der Waals surface area contributed by atoms with E-state index in [1.807, 2.05) is 14.0 Å². The minimum atomic E-state index is -0.351. The van der Waals surface area contributed by atoms with Gasteiger partial charge in [0.2, 0.25) is 5.91 Å². The molecule has 21 heavy (non-hydrogen) atoms. The van der Waals surface area contributed by atoms with Gasteiger partial charge in [-0.2, -0.15) is 0 Å². The molecule has 1 aliphatic heterocycles. The molecule has 0 aromatic heterocycles. The summed E-state index contributed by atoms with van der Waals surface area (Å²) in [6.45, 7) is 4.97. The van der Waals surface area contributed by atoms with Gasteiger partial charge in [-0.1, -0.05) is 6.07 Å². The van der Waals surface area contributed by atoms with Gasteiger partial charge in [0.05, 0.1) is 19.3 Å². The highest BCUT2D eigenvalue weighted by Gasteiger charge is 2.21. The summed E-state index contributed by atoms with van der Waals surface area (Å²) < 4.78 is 18.8. The largest absolute Gasteiger partial charge is 0.374 e. The first kappa shape index (κ1) is 15.9. The highest BCUT2D eigenvalue weighted by molar-refractivity contribution is 5.92. The molecule has 0 saturated carbocycles. The number of amides is 1. The number of rotatable bonds is 5. The highest BCUT2D eigenvalue weighted by Crippen LogP contribution is 2.16. The zero-order chi connectivity index (χ0) is 15.2. The van der Waals surface area contributed by atoms with E-state index < -0.39 is 0 Å². The number of nitrogens with zero attached hydrogens (tertiary/aromatic N) is 1. The van der Waals surface area contributed by atoms with E-state index in [9.17, 15) is 9.18 Å². The van der Waals surface area contributed by atoms with Crippen LogP contribution in [0.1, 0.15) is 5.56 Å². The molecular weight excluding hydrogens is 273 g/mol. The van der Waals surface area contributed by atoms with Crippen molar-refractivity contribution in [3.8, 4) is 0 Å². The van der Waals surface area contributed by atoms with Crippen LogP contribution in [-0.2, 0) is 9.53 Å². The number of nitrogens with one attached hydrogen (secondary N) is 2. The van der Waals surface area contributed by atoms with Crippen molar-refractivity contribution < 1.29 is 13.9 Å². The summed E-state index contributed by atoms with van der Waals surface area (Å²) in [4.78, 5) is 14.1. The number of ether oxygens (including phenoxy) is 1. The Kier molecular flexibility index (Phi) is 5.67. The van der Waals surface area contributed by atoms with Gasteiger partial charge in [0, 0.05) is 25.3 Å². The molecule has 5 nitrogen and oxygen atoms in total. The Morgan fingerprint density at radius 1 is 1.52 bits per heavy atom. The third-order valence-electron chi connectivity index (χ3n) is 3.50. The summed E-state index contributed by atoms with van der Waals surface area (Å²) in [6, 6.07) is 4.38. The fraction of sp³-hybridized carbons (Fsp3) is 0.533. The van der Waals surface area contributed by atoms with Crippen molar-refractivity contribution in [2.75, 3.05) is 45.2 Å². The number of carbonyl (C=O) groups is 1. The lowest BCUT2D eigenvalue weighted by Crippen LogP contribution is -2.48. The van der Waals surface area contributed by atoms with Gasteiger partial charge >= 0.3 is 0 Å². The Morgan fingerprint density at radius 2 is 2.33 bits per heavy atom. The van der Waals surface area contributed by atoms with Crippen molar-refractivity contribution >= 4 is 11.6 Å². The van der Waals surface area contributed by atoms with Crippen LogP contribution in [-0.4, -0.2) is 56.7 Å². The van der Waals surface area contributed by atoms with Gasteiger partial charge in [0.25, 0.3) is 0 Å². The normalized spacial score (nSPS) is 19.5. The van der Waals surface area contributed by atoms with Crippen LogP contribution in [0.3, 0.4) is 0 Å². The Labute approximate surface area is 124 Å². The van der Waals surface area contributed by atoms with Gasteiger partial charge in [0.15, 0.2) is 0 Å². The predicted molar refractivity (Wildman–Crippen MR) is 79.9 cm³/mol. The topological polar surface area (TPSA) is 53.6 Å². The number of carbonyl (C=O) groups excluding carboxylic acids is 1. The molecule has 0 bridgehead atoms. The van der Waals surface area contributed by atoms with Crippen LogP contribution >= 0.6 is 0 Å². The number of anilines is 1. The fourth-order valence-electron chi connectivity index (χ4n) is 2.40. The van der Waals surface area contributed by atoms with Crippen LogP contribution in [0.4, 0.5) is 10.1 Å². The maximum Gasteiger partial charge on any atom is 0.238 e. The van der Waals surface area contributed by atoms with E-state index in [-0.39, 0.29) is 17.8 Å². The van der Waals surface area contributed by atoms with Gasteiger partial charge in [-0.15, -0.1) is 0 Å². The summed E-state index contributed by atoms with van der Waals surface area (Å²) in [7, 11) is 1.88. The first-order valence-electron chi connectivity index (χ1n) is 7.13. The molecule has 2 N–H and O–H groups in total. The molecule has 1 atom stereocenters. The molecule has 1 amide bonds. The summed E-state index contributed by atoms with van der Waals surface area (Å²) in [5.41, 5.74) is 1.37. The summed E-state index contributed by atoms with van der Waals surface area (Å²) in [6.07, 6.45) is 0.104. The summed E-state index contributed by atoms with van der Waals surface area (Å²) in [5.74, 6) is -0.481. The Morgan fingerprint density at radius 3 is 3.10 bits per heavy atom. The fourth-order valence-corrected chi connectivity index (χ4v) is 2.40. The smallest absolute Gasteiger partial charge is 0.238 e. The Balaban J connectivity index is 1.88. The van der Waals surface area contributed by atoms with Crippen LogP contribution < -0.4 is 10.6 Å². The van der Waals surface area contributed by atoms with Crippen LogP contribution in [0, 0.1) is 12.7 Å². The molecule has 6 heteroatoms. The predicted octanol–water partition coefficient (Wildman–Crippen LogP) is 0.993. The van der Waals surface area contributed by atoms with E-state index in [4.69, 9.17) is 4.74 Å². The zero-order valence-electron chi connectivity index (χ0n) is 12.5. The van der Waals surface area contributed by atoms with E-state index in [1.54, 1.807) is 6.07 Å². The van der Waals surface area contributed by atoms with E-state index >= 15 is 0 Å². The lowest BCUT2D eigenvalue weighted by atomic mass is 10.2. The molecule has 1 aromatic rings. The number of hydrogen-bond donors (Lipinski definition) is 2. The van der Waals surface area contributed by atoms with Crippen molar-refractivity contribution in [1.29, 1.82) is 0 Å². The standard InChI is InChI=1S/C15H22FN3O2/c1-11-3-4-12(16)7-14(11)18-15(20)10-19-5-6-21-13(9-19)8-17-2/h3-4,7,13,17H,5-6,8-10H2,1-2H3,(H,18,20). The third-order valence-corrected chi connectivity index (χ3v) is 3.50. The van der Waals surface area contributed by atoms with E-state index in [0.717, 1.165) is 25.2 Å². The van der Waals surface area contributed by atoms with E-state index in [2.05, 4.69) is 15.5 Å². The van der Waals surface area contributed by atoms with Crippen LogP contribution in [0.15, 0.2) is 18.2 Å². The second-order valence-corrected chi connectivity index (χ2v) is 5.29. The molecule has 1 aromatic carbocycles. The van der Waals surface area contributed by atoms with Crippen molar-refractivity contribution in [2.45, 2.75) is 13.0 Å². The second-order valence-electron chi connectivity index (χ2n) is 5.29. The summed E-state index contributed by atoms with van der Waals surface area (Å²) in [5, 5.41) is 5.84. The number of benzene rings is 1. The van der Waals surface area contributed by atoms with Gasteiger partial charge in [-0.25, -0.2) is 4.39 Å². The first-order valence-corrected chi connectivity index (χ1v) is 7.13. The third kappa shape index (κ3) is 4.77. The zero-order valence-corrected chi connectivity index (χ0v) is 12.5. The monoisotopic (exact) mass is 295 g/mol. The number of aryl methyl sites for hydroxylation is 1. The molecule has 1 fully saturated rings.